The van der Waals surface area contributed by atoms with Crippen LogP contribution < -0.4 is 5.32 Å². The SMILES string of the molecule is CCCN1C(=O)C(C(C)(C)C)NC(=O)C12CCCCC2. The van der Waals surface area contributed by atoms with E-state index in [1.165, 1.54) is 6.42 Å². The van der Waals surface area contributed by atoms with Crippen LogP contribution in [0.3, 0.4) is 0 Å². The molecule has 0 aromatic carbocycles. The van der Waals surface area contributed by atoms with Crippen molar-refractivity contribution in [3.05, 3.63) is 0 Å². The van der Waals surface area contributed by atoms with Crippen molar-refractivity contribution in [2.24, 2.45) is 5.41 Å². The molecule has 2 fully saturated rings. The molecular weight excluding hydrogens is 252 g/mol. The van der Waals surface area contributed by atoms with Crippen LogP contribution in [-0.4, -0.2) is 34.8 Å². The molecule has 1 heterocycles. The Balaban J connectivity index is 2.35. The molecule has 1 saturated carbocycles. The van der Waals surface area contributed by atoms with Gasteiger partial charge in [0.25, 0.3) is 0 Å². The minimum Gasteiger partial charge on any atom is -0.342 e. The standard InChI is InChI=1S/C16H28N2O2/c1-5-11-18-13(19)12(15(2,3)4)17-14(20)16(18)9-7-6-8-10-16/h12H,5-11H2,1-4H3,(H,17,20). The van der Waals surface area contributed by atoms with Crippen molar-refractivity contribution in [3.63, 3.8) is 0 Å². The highest BCUT2D eigenvalue weighted by atomic mass is 16.2. The summed E-state index contributed by atoms with van der Waals surface area (Å²) in [5.41, 5.74) is -0.803. The lowest BCUT2D eigenvalue weighted by Gasteiger charge is -2.52. The van der Waals surface area contributed by atoms with Gasteiger partial charge in [-0.05, 0) is 24.7 Å². The smallest absolute Gasteiger partial charge is 0.246 e. The normalized spacial score (nSPS) is 26.8. The lowest BCUT2D eigenvalue weighted by atomic mass is 9.74. The van der Waals surface area contributed by atoms with Gasteiger partial charge in [0.15, 0.2) is 0 Å². The van der Waals surface area contributed by atoms with Gasteiger partial charge in [-0.3, -0.25) is 9.59 Å². The van der Waals surface area contributed by atoms with Crippen molar-refractivity contribution >= 4 is 11.8 Å². The third-order valence-electron chi connectivity index (χ3n) is 4.72. The number of nitrogens with one attached hydrogen (secondary N) is 1. The van der Waals surface area contributed by atoms with Crippen molar-refractivity contribution in [2.75, 3.05) is 6.54 Å². The predicted molar refractivity (Wildman–Crippen MR) is 79.2 cm³/mol. The maximum Gasteiger partial charge on any atom is 0.246 e. The summed E-state index contributed by atoms with van der Waals surface area (Å²) < 4.78 is 0. The van der Waals surface area contributed by atoms with Gasteiger partial charge < -0.3 is 10.2 Å². The van der Waals surface area contributed by atoms with Crippen LogP contribution in [0.15, 0.2) is 0 Å². The molecule has 20 heavy (non-hydrogen) atoms. The Hall–Kier alpha value is -1.06. The Morgan fingerprint density at radius 1 is 1.20 bits per heavy atom. The van der Waals surface area contributed by atoms with Crippen LogP contribution in [0, 0.1) is 5.41 Å². The fourth-order valence-electron chi connectivity index (χ4n) is 3.58. The third kappa shape index (κ3) is 2.45. The molecule has 1 spiro atoms. The number of rotatable bonds is 2. The molecule has 0 aromatic heterocycles. The lowest BCUT2D eigenvalue weighted by molar-refractivity contribution is -0.163. The fraction of sp³-hybridized carbons (Fsp3) is 0.875. The van der Waals surface area contributed by atoms with Gasteiger partial charge in [0.2, 0.25) is 11.8 Å². The van der Waals surface area contributed by atoms with E-state index in [4.69, 9.17) is 0 Å². The van der Waals surface area contributed by atoms with Gasteiger partial charge in [-0.2, -0.15) is 0 Å². The van der Waals surface area contributed by atoms with Crippen molar-refractivity contribution in [2.45, 2.75) is 77.8 Å². The molecule has 1 N–H and O–H groups in total. The van der Waals surface area contributed by atoms with E-state index in [1.54, 1.807) is 0 Å². The Morgan fingerprint density at radius 3 is 2.30 bits per heavy atom. The van der Waals surface area contributed by atoms with Gasteiger partial charge in [0.05, 0.1) is 0 Å². The Morgan fingerprint density at radius 2 is 1.80 bits per heavy atom. The van der Waals surface area contributed by atoms with Crippen LogP contribution in [0.2, 0.25) is 0 Å². The number of nitrogens with zero attached hydrogens (tertiary/aromatic N) is 1. The first-order valence-electron chi connectivity index (χ1n) is 7.95. The predicted octanol–water partition coefficient (Wildman–Crippen LogP) is 2.47. The summed E-state index contributed by atoms with van der Waals surface area (Å²) in [5.74, 6) is 0.186. The fourth-order valence-corrected chi connectivity index (χ4v) is 3.58. The molecule has 1 aliphatic heterocycles. The summed E-state index contributed by atoms with van der Waals surface area (Å²) in [6, 6.07) is -0.394. The van der Waals surface area contributed by atoms with Gasteiger partial charge in [-0.15, -0.1) is 0 Å². The molecule has 2 rings (SSSR count). The van der Waals surface area contributed by atoms with Crippen molar-refractivity contribution < 1.29 is 9.59 Å². The molecule has 2 aliphatic rings. The molecule has 1 aliphatic carbocycles. The molecule has 4 nitrogen and oxygen atoms in total. The van der Waals surface area contributed by atoms with Gasteiger partial charge in [0.1, 0.15) is 11.6 Å². The van der Waals surface area contributed by atoms with Crippen LogP contribution in [0.1, 0.15) is 66.2 Å². The number of piperazine rings is 1. The minimum atomic E-state index is -0.562. The quantitative estimate of drug-likeness (QED) is 0.844. The second-order valence-corrected chi connectivity index (χ2v) is 7.35. The largest absolute Gasteiger partial charge is 0.342 e. The van der Waals surface area contributed by atoms with E-state index in [9.17, 15) is 9.59 Å². The molecular formula is C16H28N2O2. The summed E-state index contributed by atoms with van der Waals surface area (Å²) in [5, 5.41) is 3.02. The number of hydrogen-bond acceptors (Lipinski definition) is 2. The van der Waals surface area contributed by atoms with Crippen LogP contribution in [0.5, 0.6) is 0 Å². The van der Waals surface area contributed by atoms with Crippen molar-refractivity contribution in [3.8, 4) is 0 Å². The first-order valence-corrected chi connectivity index (χ1v) is 7.95. The maximum atomic E-state index is 12.9. The molecule has 114 valence electrons. The Kier molecular flexibility index (Phi) is 4.12. The average molecular weight is 280 g/mol. The van der Waals surface area contributed by atoms with E-state index in [0.717, 1.165) is 32.1 Å². The number of hydrogen-bond donors (Lipinski definition) is 1. The number of carbonyl (C=O) groups excluding carboxylic acids is 2. The molecule has 1 saturated heterocycles. The van der Waals surface area contributed by atoms with E-state index < -0.39 is 11.6 Å². The van der Waals surface area contributed by atoms with Gasteiger partial charge >= 0.3 is 0 Å². The van der Waals surface area contributed by atoms with Gasteiger partial charge in [-0.1, -0.05) is 47.0 Å². The van der Waals surface area contributed by atoms with Crippen LogP contribution >= 0.6 is 0 Å². The first kappa shape index (κ1) is 15.3. The van der Waals surface area contributed by atoms with E-state index >= 15 is 0 Å². The van der Waals surface area contributed by atoms with Crippen molar-refractivity contribution in [1.82, 2.24) is 10.2 Å². The summed E-state index contributed by atoms with van der Waals surface area (Å²) in [7, 11) is 0. The van der Waals surface area contributed by atoms with Gasteiger partial charge in [0, 0.05) is 6.54 Å². The highest BCUT2D eigenvalue weighted by molar-refractivity contribution is 6.00. The summed E-state index contributed by atoms with van der Waals surface area (Å²) in [6.45, 7) is 8.80. The zero-order valence-electron chi connectivity index (χ0n) is 13.3. The summed E-state index contributed by atoms with van der Waals surface area (Å²) >= 11 is 0. The zero-order valence-corrected chi connectivity index (χ0v) is 13.3. The highest BCUT2D eigenvalue weighted by Crippen LogP contribution is 2.39. The summed E-state index contributed by atoms with van der Waals surface area (Å²) in [6.07, 6.45) is 5.80. The monoisotopic (exact) mass is 280 g/mol. The second kappa shape index (κ2) is 5.38. The molecule has 2 amide bonds. The minimum absolute atomic E-state index is 0.0742. The second-order valence-electron chi connectivity index (χ2n) is 7.35. The van der Waals surface area contributed by atoms with Crippen LogP contribution in [-0.2, 0) is 9.59 Å². The maximum absolute atomic E-state index is 12.9. The average Bonchev–Trinajstić information content (AvgIpc) is 2.39. The molecule has 1 atom stereocenters. The van der Waals surface area contributed by atoms with E-state index in [2.05, 4.69) is 12.2 Å². The topological polar surface area (TPSA) is 49.4 Å². The molecule has 0 bridgehead atoms. The first-order chi connectivity index (χ1) is 9.33. The zero-order chi connectivity index (χ0) is 15.0. The van der Waals surface area contributed by atoms with E-state index in [-0.39, 0.29) is 17.2 Å². The molecule has 0 aromatic rings. The van der Waals surface area contributed by atoms with Crippen LogP contribution in [0.25, 0.3) is 0 Å². The number of carbonyl (C=O) groups is 2. The van der Waals surface area contributed by atoms with E-state index in [0.29, 0.717) is 6.54 Å². The van der Waals surface area contributed by atoms with E-state index in [1.807, 2.05) is 25.7 Å². The Bertz CT molecular complexity index is 392. The molecule has 1 unspecified atom stereocenters. The highest BCUT2D eigenvalue weighted by Gasteiger charge is 2.54. The molecule has 0 radical (unpaired) electrons. The number of amides is 2. The lowest BCUT2D eigenvalue weighted by Crippen LogP contribution is -2.73. The Labute approximate surface area is 122 Å². The molecule has 4 heteroatoms. The van der Waals surface area contributed by atoms with Crippen molar-refractivity contribution in [1.29, 1.82) is 0 Å². The summed E-state index contributed by atoms with van der Waals surface area (Å²) in [4.78, 5) is 27.5. The van der Waals surface area contributed by atoms with Crippen LogP contribution in [0.4, 0.5) is 0 Å². The van der Waals surface area contributed by atoms with Gasteiger partial charge in [-0.25, -0.2) is 0 Å². The third-order valence-corrected chi connectivity index (χ3v) is 4.72.